The molecule has 1 amide bonds. The first kappa shape index (κ1) is 13.8. The van der Waals surface area contributed by atoms with Crippen molar-refractivity contribution in [2.45, 2.75) is 32.2 Å². The molecule has 0 saturated heterocycles. The lowest BCUT2D eigenvalue weighted by Gasteiger charge is -2.16. The molecule has 0 radical (unpaired) electrons. The summed E-state index contributed by atoms with van der Waals surface area (Å²) in [6.07, 6.45) is 0. The summed E-state index contributed by atoms with van der Waals surface area (Å²) in [5.41, 5.74) is 1.00. The lowest BCUT2D eigenvalue weighted by molar-refractivity contribution is -0.121. The van der Waals surface area contributed by atoms with Crippen LogP contribution in [0.3, 0.4) is 0 Å². The van der Waals surface area contributed by atoms with Crippen molar-refractivity contribution in [2.24, 2.45) is 0 Å². The van der Waals surface area contributed by atoms with Crippen molar-refractivity contribution in [3.05, 3.63) is 29.8 Å². The highest BCUT2D eigenvalue weighted by atomic mass is 35.5. The average molecular weight is 256 g/mol. The molecule has 4 heteroatoms. The van der Waals surface area contributed by atoms with Gasteiger partial charge in [0.15, 0.2) is 0 Å². The van der Waals surface area contributed by atoms with Gasteiger partial charge in [0.05, 0.1) is 12.6 Å². The number of carbonyl (C=O) groups is 1. The third-order valence-electron chi connectivity index (χ3n) is 2.39. The number of ether oxygens (including phenoxy) is 1. The second-order valence-corrected chi connectivity index (χ2v) is 4.51. The van der Waals surface area contributed by atoms with Gasteiger partial charge in [-0.25, -0.2) is 0 Å². The Bertz CT molecular complexity index is 379. The summed E-state index contributed by atoms with van der Waals surface area (Å²) < 4.78 is 5.41. The number of nitrogens with one attached hydrogen (secondary N) is 1. The van der Waals surface area contributed by atoms with E-state index in [0.29, 0.717) is 6.61 Å². The van der Waals surface area contributed by atoms with Crippen LogP contribution in [0.1, 0.15) is 32.4 Å². The predicted molar refractivity (Wildman–Crippen MR) is 69.5 cm³/mol. The van der Waals surface area contributed by atoms with Gasteiger partial charge in [-0.3, -0.25) is 4.79 Å². The molecule has 1 N–H and O–H groups in total. The summed E-state index contributed by atoms with van der Waals surface area (Å²) in [4.78, 5) is 11.5. The van der Waals surface area contributed by atoms with E-state index in [-0.39, 0.29) is 11.9 Å². The molecule has 0 heterocycles. The van der Waals surface area contributed by atoms with E-state index in [2.05, 4.69) is 5.32 Å². The minimum Gasteiger partial charge on any atom is -0.494 e. The molecule has 0 aliphatic heterocycles. The fourth-order valence-electron chi connectivity index (χ4n) is 1.45. The molecule has 1 rings (SSSR count). The van der Waals surface area contributed by atoms with Crippen molar-refractivity contribution in [2.75, 3.05) is 6.61 Å². The van der Waals surface area contributed by atoms with Gasteiger partial charge in [0.1, 0.15) is 11.1 Å². The highest BCUT2D eigenvalue weighted by molar-refractivity contribution is 6.30. The number of halogens is 1. The molecule has 0 unspecified atom stereocenters. The van der Waals surface area contributed by atoms with E-state index in [9.17, 15) is 4.79 Å². The molecule has 1 aromatic rings. The van der Waals surface area contributed by atoms with Gasteiger partial charge in [-0.15, -0.1) is 11.6 Å². The fraction of sp³-hybridized carbons (Fsp3) is 0.462. The first-order valence-electron chi connectivity index (χ1n) is 5.71. The van der Waals surface area contributed by atoms with E-state index in [1.807, 2.05) is 38.1 Å². The Kier molecular flexibility index (Phi) is 5.29. The normalized spacial score (nSPS) is 13.9. The molecule has 0 aliphatic rings. The van der Waals surface area contributed by atoms with Crippen LogP contribution >= 0.6 is 11.6 Å². The van der Waals surface area contributed by atoms with Gasteiger partial charge >= 0.3 is 0 Å². The number of carbonyl (C=O) groups excluding carboxylic acids is 1. The van der Waals surface area contributed by atoms with Crippen molar-refractivity contribution in [3.63, 3.8) is 0 Å². The number of alkyl halides is 1. The van der Waals surface area contributed by atoms with Crippen molar-refractivity contribution >= 4 is 17.5 Å². The van der Waals surface area contributed by atoms with Crippen LogP contribution < -0.4 is 10.1 Å². The maximum atomic E-state index is 11.5. The summed E-state index contributed by atoms with van der Waals surface area (Å²) in [6.45, 7) is 6.14. The Morgan fingerprint density at radius 2 is 2.18 bits per heavy atom. The topological polar surface area (TPSA) is 38.3 Å². The molecule has 17 heavy (non-hydrogen) atoms. The Balaban J connectivity index is 2.71. The maximum absolute atomic E-state index is 11.5. The number of benzene rings is 1. The molecule has 0 aromatic heterocycles. The van der Waals surface area contributed by atoms with Crippen LogP contribution in [0.25, 0.3) is 0 Å². The van der Waals surface area contributed by atoms with Crippen LogP contribution in [-0.4, -0.2) is 17.9 Å². The van der Waals surface area contributed by atoms with Gasteiger partial charge in [-0.2, -0.15) is 0 Å². The lowest BCUT2D eigenvalue weighted by atomic mass is 10.1. The standard InChI is InChI=1S/C13H18ClNO2/c1-4-17-12-7-5-6-11(8-12)10(3)15-13(16)9(2)14/h5-10H,4H2,1-3H3,(H,15,16)/t9-,10+/m0/s1. The van der Waals surface area contributed by atoms with Crippen LogP contribution in [0.4, 0.5) is 0 Å². The van der Waals surface area contributed by atoms with E-state index in [1.54, 1.807) is 6.92 Å². The molecule has 0 spiro atoms. The van der Waals surface area contributed by atoms with Crippen LogP contribution in [0.5, 0.6) is 5.75 Å². The Morgan fingerprint density at radius 1 is 1.47 bits per heavy atom. The molecular weight excluding hydrogens is 238 g/mol. The summed E-state index contributed by atoms with van der Waals surface area (Å²) in [5.74, 6) is 0.644. The van der Waals surface area contributed by atoms with Crippen molar-refractivity contribution in [1.82, 2.24) is 5.32 Å². The SMILES string of the molecule is CCOc1cccc([C@@H](C)NC(=O)[C@H](C)Cl)c1. The molecule has 94 valence electrons. The van der Waals surface area contributed by atoms with Gasteiger partial charge in [-0.05, 0) is 38.5 Å². The summed E-state index contributed by atoms with van der Waals surface area (Å²) in [5, 5.41) is 2.32. The number of rotatable bonds is 5. The van der Waals surface area contributed by atoms with Gasteiger partial charge < -0.3 is 10.1 Å². The largest absolute Gasteiger partial charge is 0.494 e. The molecule has 0 aliphatic carbocycles. The third kappa shape index (κ3) is 4.27. The fourth-order valence-corrected chi connectivity index (χ4v) is 1.51. The van der Waals surface area contributed by atoms with Crippen molar-refractivity contribution in [3.8, 4) is 5.75 Å². The molecule has 3 nitrogen and oxygen atoms in total. The molecule has 0 fully saturated rings. The number of amides is 1. The summed E-state index contributed by atoms with van der Waals surface area (Å²) in [7, 11) is 0. The Hall–Kier alpha value is -1.22. The number of hydrogen-bond acceptors (Lipinski definition) is 2. The zero-order valence-corrected chi connectivity index (χ0v) is 11.1. The summed E-state index contributed by atoms with van der Waals surface area (Å²) >= 11 is 5.70. The van der Waals surface area contributed by atoms with Gasteiger partial charge in [0, 0.05) is 0 Å². The molecule has 0 saturated carbocycles. The second-order valence-electron chi connectivity index (χ2n) is 3.85. The maximum Gasteiger partial charge on any atom is 0.238 e. The lowest BCUT2D eigenvalue weighted by Crippen LogP contribution is -2.31. The number of hydrogen-bond donors (Lipinski definition) is 1. The van der Waals surface area contributed by atoms with Crippen LogP contribution in [0, 0.1) is 0 Å². The Labute approximate surface area is 107 Å². The third-order valence-corrected chi connectivity index (χ3v) is 2.59. The van der Waals surface area contributed by atoms with Crippen LogP contribution in [-0.2, 0) is 4.79 Å². The van der Waals surface area contributed by atoms with E-state index in [0.717, 1.165) is 11.3 Å². The summed E-state index contributed by atoms with van der Waals surface area (Å²) in [6, 6.07) is 7.60. The highest BCUT2D eigenvalue weighted by Gasteiger charge is 2.13. The smallest absolute Gasteiger partial charge is 0.238 e. The van der Waals surface area contributed by atoms with Gasteiger partial charge in [-0.1, -0.05) is 12.1 Å². The van der Waals surface area contributed by atoms with E-state index in [1.165, 1.54) is 0 Å². The van der Waals surface area contributed by atoms with Crippen LogP contribution in [0.2, 0.25) is 0 Å². The van der Waals surface area contributed by atoms with Crippen molar-refractivity contribution in [1.29, 1.82) is 0 Å². The quantitative estimate of drug-likeness (QED) is 0.822. The van der Waals surface area contributed by atoms with Crippen molar-refractivity contribution < 1.29 is 9.53 Å². The minimum absolute atomic E-state index is 0.0795. The molecule has 2 atom stereocenters. The molecule has 0 bridgehead atoms. The first-order valence-corrected chi connectivity index (χ1v) is 6.15. The van der Waals surface area contributed by atoms with E-state index in [4.69, 9.17) is 16.3 Å². The zero-order valence-electron chi connectivity index (χ0n) is 10.4. The Morgan fingerprint density at radius 3 is 2.76 bits per heavy atom. The zero-order chi connectivity index (χ0) is 12.8. The monoisotopic (exact) mass is 255 g/mol. The first-order chi connectivity index (χ1) is 8.04. The second kappa shape index (κ2) is 6.50. The molecule has 1 aromatic carbocycles. The van der Waals surface area contributed by atoms with Gasteiger partial charge in [0.25, 0.3) is 0 Å². The van der Waals surface area contributed by atoms with Crippen LogP contribution in [0.15, 0.2) is 24.3 Å². The van der Waals surface area contributed by atoms with E-state index >= 15 is 0 Å². The highest BCUT2D eigenvalue weighted by Crippen LogP contribution is 2.19. The van der Waals surface area contributed by atoms with E-state index < -0.39 is 5.38 Å². The molecular formula is C13H18ClNO2. The predicted octanol–water partition coefficient (Wildman–Crippen LogP) is 2.89. The average Bonchev–Trinajstić information content (AvgIpc) is 2.29. The van der Waals surface area contributed by atoms with Gasteiger partial charge in [0.2, 0.25) is 5.91 Å². The minimum atomic E-state index is -0.521.